The smallest absolute Gasteiger partial charge is 0.263 e. The Labute approximate surface area is 157 Å². The molecule has 0 unspecified atom stereocenters. The Morgan fingerprint density at radius 2 is 2.11 bits per heavy atom. The monoisotopic (exact) mass is 360 g/mol. The number of rotatable bonds is 3. The lowest BCUT2D eigenvalue weighted by Gasteiger charge is -2.15. The first-order valence-electron chi connectivity index (χ1n) is 8.55. The molecule has 2 aromatic heterocycles. The van der Waals surface area contributed by atoms with Gasteiger partial charge in [0.05, 0.1) is 5.69 Å². The van der Waals surface area contributed by atoms with E-state index < -0.39 is 12.0 Å². The number of amides is 1. The number of likely N-dealkylation sites (N-methyl/N-ethyl adjacent to an activating group) is 1. The van der Waals surface area contributed by atoms with E-state index >= 15 is 0 Å². The Balaban J connectivity index is 1.90. The van der Waals surface area contributed by atoms with Crippen LogP contribution in [0.15, 0.2) is 48.8 Å². The van der Waals surface area contributed by atoms with Gasteiger partial charge in [-0.2, -0.15) is 0 Å². The molecule has 2 heterocycles. The number of carbonyl (C=O) groups is 1. The average molecular weight is 360 g/mol. The molecule has 3 N–H and O–H groups in total. The molecule has 136 valence electrons. The van der Waals surface area contributed by atoms with Crippen LogP contribution in [0.4, 0.5) is 5.82 Å². The van der Waals surface area contributed by atoms with Crippen LogP contribution in [0.2, 0.25) is 0 Å². The third kappa shape index (κ3) is 4.05. The van der Waals surface area contributed by atoms with Crippen LogP contribution in [-0.4, -0.2) is 45.6 Å². The summed E-state index contributed by atoms with van der Waals surface area (Å²) in [6.45, 7) is 2.35. The van der Waals surface area contributed by atoms with E-state index in [1.54, 1.807) is 19.4 Å². The first-order chi connectivity index (χ1) is 13.0. The maximum atomic E-state index is 11.9. The largest absolute Gasteiger partial charge is 0.383 e. The van der Waals surface area contributed by atoms with Crippen molar-refractivity contribution in [3.63, 3.8) is 0 Å². The predicted octanol–water partition coefficient (Wildman–Crippen LogP) is 2.07. The lowest BCUT2D eigenvalue weighted by Crippen LogP contribution is -2.35. The highest BCUT2D eigenvalue weighted by molar-refractivity contribution is 5.92. The molecule has 0 aliphatic heterocycles. The number of nitrogens with zero attached hydrogens (tertiary/aromatic N) is 3. The molecule has 0 spiro atoms. The molecule has 3 aromatic rings. The van der Waals surface area contributed by atoms with Crippen molar-refractivity contribution in [1.29, 1.82) is 0 Å². The number of benzene rings is 1. The van der Waals surface area contributed by atoms with E-state index in [0.29, 0.717) is 17.9 Å². The number of pyridine rings is 2. The zero-order valence-electron chi connectivity index (χ0n) is 15.2. The van der Waals surface area contributed by atoms with E-state index in [0.717, 1.165) is 22.0 Å². The number of aliphatic hydroxyl groups excluding tert-OH is 1. The van der Waals surface area contributed by atoms with Crippen molar-refractivity contribution in [2.24, 2.45) is 0 Å². The van der Waals surface area contributed by atoms with Crippen LogP contribution < -0.4 is 5.73 Å². The van der Waals surface area contributed by atoms with Crippen LogP contribution in [0.5, 0.6) is 0 Å². The number of hydrogen-bond acceptors (Lipinski definition) is 5. The number of aromatic nitrogens is 2. The van der Waals surface area contributed by atoms with Gasteiger partial charge >= 0.3 is 0 Å². The molecular weight excluding hydrogens is 340 g/mol. The third-order valence-electron chi connectivity index (χ3n) is 4.27. The highest BCUT2D eigenvalue weighted by atomic mass is 16.3. The number of anilines is 1. The van der Waals surface area contributed by atoms with E-state index in [1.807, 2.05) is 43.3 Å². The quantitative estimate of drug-likeness (QED) is 0.698. The van der Waals surface area contributed by atoms with Crippen LogP contribution in [0.25, 0.3) is 22.0 Å². The van der Waals surface area contributed by atoms with Crippen LogP contribution >= 0.6 is 0 Å². The van der Waals surface area contributed by atoms with Gasteiger partial charge in [0.1, 0.15) is 5.82 Å². The SMILES string of the molecule is CCN(C)C(=O)[C@H](O)C#Cc1cccc(-c2cc3c(N)nccc3cn2)c1. The lowest BCUT2D eigenvalue weighted by atomic mass is 10.1. The van der Waals surface area contributed by atoms with E-state index in [4.69, 9.17) is 5.73 Å². The molecule has 0 aliphatic carbocycles. The van der Waals surface area contributed by atoms with Gasteiger partial charge in [-0.15, -0.1) is 0 Å². The molecule has 1 amide bonds. The van der Waals surface area contributed by atoms with E-state index in [1.165, 1.54) is 4.90 Å². The van der Waals surface area contributed by atoms with Crippen LogP contribution in [0, 0.1) is 11.8 Å². The van der Waals surface area contributed by atoms with Crippen molar-refractivity contribution in [3.8, 4) is 23.1 Å². The van der Waals surface area contributed by atoms with Gasteiger partial charge in [-0.1, -0.05) is 24.0 Å². The van der Waals surface area contributed by atoms with Gasteiger partial charge in [-0.3, -0.25) is 9.78 Å². The zero-order chi connectivity index (χ0) is 19.4. The summed E-state index contributed by atoms with van der Waals surface area (Å²) in [5.74, 6) is 5.48. The third-order valence-corrected chi connectivity index (χ3v) is 4.27. The minimum absolute atomic E-state index is 0.416. The van der Waals surface area contributed by atoms with Crippen LogP contribution in [0.1, 0.15) is 12.5 Å². The minimum atomic E-state index is -1.34. The maximum Gasteiger partial charge on any atom is 0.263 e. The Morgan fingerprint density at radius 3 is 2.89 bits per heavy atom. The second kappa shape index (κ2) is 7.85. The molecule has 0 saturated carbocycles. The molecule has 0 radical (unpaired) electrons. The fourth-order valence-electron chi connectivity index (χ4n) is 2.58. The minimum Gasteiger partial charge on any atom is -0.383 e. The molecular formula is C21H20N4O2. The number of carbonyl (C=O) groups excluding carboxylic acids is 1. The van der Waals surface area contributed by atoms with Gasteiger partial charge in [0.15, 0.2) is 6.10 Å². The van der Waals surface area contributed by atoms with Crippen molar-refractivity contribution in [1.82, 2.24) is 14.9 Å². The van der Waals surface area contributed by atoms with Crippen LogP contribution in [-0.2, 0) is 4.79 Å². The van der Waals surface area contributed by atoms with Gasteiger partial charge < -0.3 is 15.7 Å². The second-order valence-corrected chi connectivity index (χ2v) is 6.09. The van der Waals surface area contributed by atoms with Crippen molar-refractivity contribution in [2.45, 2.75) is 13.0 Å². The van der Waals surface area contributed by atoms with E-state index in [9.17, 15) is 9.90 Å². The molecule has 27 heavy (non-hydrogen) atoms. The molecule has 1 atom stereocenters. The molecule has 6 nitrogen and oxygen atoms in total. The van der Waals surface area contributed by atoms with Crippen molar-refractivity contribution >= 4 is 22.5 Å². The number of nitrogens with two attached hydrogens (primary N) is 1. The molecule has 6 heteroatoms. The molecule has 3 rings (SSSR count). The standard InChI is InChI=1S/C21H20N4O2/c1-3-25(2)21(27)19(26)8-7-14-5-4-6-15(11-14)18-12-17-16(13-24-18)9-10-23-20(17)22/h4-6,9-13,19,26H,3H2,1-2H3,(H2,22,23)/t19-/m1/s1. The summed E-state index contributed by atoms with van der Waals surface area (Å²) < 4.78 is 0. The zero-order valence-corrected chi connectivity index (χ0v) is 15.2. The normalized spacial score (nSPS) is 11.5. The Bertz CT molecular complexity index is 1050. The highest BCUT2D eigenvalue weighted by Crippen LogP contribution is 2.25. The number of hydrogen-bond donors (Lipinski definition) is 2. The molecule has 0 bridgehead atoms. The number of aliphatic hydroxyl groups is 1. The molecule has 0 aliphatic rings. The maximum absolute atomic E-state index is 11.9. The van der Waals surface area contributed by atoms with Gasteiger partial charge in [0.25, 0.3) is 5.91 Å². The summed E-state index contributed by atoms with van der Waals surface area (Å²) in [4.78, 5) is 21.9. The Morgan fingerprint density at radius 1 is 1.30 bits per heavy atom. The molecule has 0 saturated heterocycles. The fourth-order valence-corrected chi connectivity index (χ4v) is 2.58. The summed E-state index contributed by atoms with van der Waals surface area (Å²) in [5, 5.41) is 11.7. The first kappa shape index (κ1) is 18.4. The summed E-state index contributed by atoms with van der Waals surface area (Å²) in [7, 11) is 1.62. The second-order valence-electron chi connectivity index (χ2n) is 6.09. The van der Waals surface area contributed by atoms with Gasteiger partial charge in [-0.05, 0) is 31.2 Å². The number of nitrogen functional groups attached to an aromatic ring is 1. The van der Waals surface area contributed by atoms with Gasteiger partial charge in [0, 0.05) is 47.9 Å². The summed E-state index contributed by atoms with van der Waals surface area (Å²) in [6.07, 6.45) is 2.06. The van der Waals surface area contributed by atoms with Gasteiger partial charge in [0.2, 0.25) is 0 Å². The van der Waals surface area contributed by atoms with Crippen LogP contribution in [0.3, 0.4) is 0 Å². The average Bonchev–Trinajstić information content (AvgIpc) is 2.71. The Hall–Kier alpha value is -3.43. The highest BCUT2D eigenvalue weighted by Gasteiger charge is 2.15. The van der Waals surface area contributed by atoms with Gasteiger partial charge in [-0.25, -0.2) is 4.98 Å². The van der Waals surface area contributed by atoms with Crippen molar-refractivity contribution in [3.05, 3.63) is 54.4 Å². The lowest BCUT2D eigenvalue weighted by molar-refractivity contribution is -0.135. The Kier molecular flexibility index (Phi) is 5.34. The topological polar surface area (TPSA) is 92.3 Å². The summed E-state index contributed by atoms with van der Waals surface area (Å²) in [5.41, 5.74) is 8.24. The first-order valence-corrected chi connectivity index (χ1v) is 8.55. The molecule has 1 aromatic carbocycles. The van der Waals surface area contributed by atoms with E-state index in [2.05, 4.69) is 21.8 Å². The predicted molar refractivity (Wildman–Crippen MR) is 106 cm³/mol. The number of fused-ring (bicyclic) bond motifs is 1. The summed E-state index contributed by atoms with van der Waals surface area (Å²) in [6, 6.07) is 11.2. The summed E-state index contributed by atoms with van der Waals surface area (Å²) >= 11 is 0. The fraction of sp³-hybridized carbons (Fsp3) is 0.190. The van der Waals surface area contributed by atoms with Crippen molar-refractivity contribution in [2.75, 3.05) is 19.3 Å². The molecule has 0 fully saturated rings. The van der Waals surface area contributed by atoms with Crippen molar-refractivity contribution < 1.29 is 9.90 Å². The van der Waals surface area contributed by atoms with E-state index in [-0.39, 0.29) is 0 Å².